The molecule has 0 aliphatic carbocycles. The molecule has 0 heterocycles. The number of allylic oxidation sites excluding steroid dienone is 16. The highest BCUT2D eigenvalue weighted by molar-refractivity contribution is 5.71. The minimum Gasteiger partial charge on any atom is -0.462 e. The number of hydrogen-bond acceptors (Lipinski definition) is 6. The van der Waals surface area contributed by atoms with Crippen LogP contribution in [0.3, 0.4) is 0 Å². The van der Waals surface area contributed by atoms with Crippen LogP contribution in [-0.2, 0) is 28.6 Å². The predicted molar refractivity (Wildman–Crippen MR) is 344 cm³/mol. The Hall–Kier alpha value is -3.67. The van der Waals surface area contributed by atoms with Crippen molar-refractivity contribution in [3.8, 4) is 0 Å². The molecule has 0 N–H and O–H groups in total. The molecule has 454 valence electrons. The molecule has 0 radical (unpaired) electrons. The third-order valence-electron chi connectivity index (χ3n) is 14.6. The van der Waals surface area contributed by atoms with Crippen molar-refractivity contribution in [1.29, 1.82) is 0 Å². The van der Waals surface area contributed by atoms with E-state index in [1.54, 1.807) is 0 Å². The van der Waals surface area contributed by atoms with Crippen LogP contribution < -0.4 is 0 Å². The van der Waals surface area contributed by atoms with Crippen molar-refractivity contribution in [2.75, 3.05) is 13.2 Å². The summed E-state index contributed by atoms with van der Waals surface area (Å²) in [7, 11) is 0. The molecular weight excluding hydrogens is 973 g/mol. The normalized spacial score (nSPS) is 12.7. The molecule has 0 spiro atoms. The minimum atomic E-state index is -0.783. The first kappa shape index (κ1) is 75.3. The standard InChI is InChI=1S/C73H126O6/c1-4-7-10-13-16-19-22-25-27-29-30-31-32-33-34-35-36-37-38-39-40-41-42-43-44-45-47-48-51-54-57-60-63-66-72(75)78-69-70(68-77-71(74)65-62-59-56-53-50-24-21-18-15-12-9-6-3)79-73(76)67-64-61-58-55-52-49-46-28-26-23-20-17-14-11-8-5-2/h7,10,16,19-20,23,25,27-28,30-31,33-34,36-37,46,70H,4-6,8-9,11-15,17-18,21-22,24,26,29,32,35,38-45,47-69H2,1-3H3/b10-7-,19-16-,23-20-,27-25-,31-30-,34-33-,37-36-,46-28-. The van der Waals surface area contributed by atoms with Gasteiger partial charge in [-0.1, -0.05) is 304 Å². The summed E-state index contributed by atoms with van der Waals surface area (Å²) in [6.45, 7) is 6.52. The van der Waals surface area contributed by atoms with E-state index in [4.69, 9.17) is 14.2 Å². The summed E-state index contributed by atoms with van der Waals surface area (Å²) in [5, 5.41) is 0. The van der Waals surface area contributed by atoms with E-state index in [-0.39, 0.29) is 31.1 Å². The van der Waals surface area contributed by atoms with Gasteiger partial charge in [0.2, 0.25) is 0 Å². The van der Waals surface area contributed by atoms with Gasteiger partial charge in [0.25, 0.3) is 0 Å². The number of carbonyl (C=O) groups is 3. The van der Waals surface area contributed by atoms with Gasteiger partial charge in [0, 0.05) is 19.3 Å². The van der Waals surface area contributed by atoms with E-state index in [0.29, 0.717) is 19.3 Å². The van der Waals surface area contributed by atoms with Crippen molar-refractivity contribution >= 4 is 17.9 Å². The summed E-state index contributed by atoms with van der Waals surface area (Å²) in [5.74, 6) is -0.880. The molecule has 0 aliphatic heterocycles. The average molecular weight is 1100 g/mol. The van der Waals surface area contributed by atoms with Crippen LogP contribution in [0.4, 0.5) is 0 Å². The summed E-state index contributed by atoms with van der Waals surface area (Å²) in [4.78, 5) is 38.3. The molecule has 0 aromatic heterocycles. The minimum absolute atomic E-state index is 0.0787. The largest absolute Gasteiger partial charge is 0.462 e. The van der Waals surface area contributed by atoms with E-state index in [0.717, 1.165) is 122 Å². The number of hydrogen-bond donors (Lipinski definition) is 0. The van der Waals surface area contributed by atoms with E-state index in [1.807, 2.05) is 0 Å². The molecule has 0 aromatic carbocycles. The second kappa shape index (κ2) is 66.8. The number of rotatable bonds is 61. The maximum atomic E-state index is 12.9. The van der Waals surface area contributed by atoms with Crippen molar-refractivity contribution in [3.63, 3.8) is 0 Å². The second-order valence-electron chi connectivity index (χ2n) is 22.4. The lowest BCUT2D eigenvalue weighted by atomic mass is 10.0. The monoisotopic (exact) mass is 1100 g/mol. The molecule has 1 atom stereocenters. The first-order chi connectivity index (χ1) is 39.0. The third kappa shape index (κ3) is 65.0. The zero-order valence-electron chi connectivity index (χ0n) is 52.1. The van der Waals surface area contributed by atoms with Crippen LogP contribution in [0.25, 0.3) is 0 Å². The molecule has 0 rings (SSSR count). The van der Waals surface area contributed by atoms with Gasteiger partial charge in [-0.25, -0.2) is 0 Å². The molecular formula is C73H126O6. The molecule has 0 saturated carbocycles. The fourth-order valence-electron chi connectivity index (χ4n) is 9.54. The van der Waals surface area contributed by atoms with Gasteiger partial charge in [0.15, 0.2) is 6.10 Å². The first-order valence-corrected chi connectivity index (χ1v) is 33.7. The van der Waals surface area contributed by atoms with E-state index >= 15 is 0 Å². The van der Waals surface area contributed by atoms with Crippen LogP contribution in [0.15, 0.2) is 97.2 Å². The summed E-state index contributed by atoms with van der Waals surface area (Å²) in [6.07, 6.45) is 90.0. The van der Waals surface area contributed by atoms with E-state index < -0.39 is 6.10 Å². The molecule has 0 bridgehead atoms. The first-order valence-electron chi connectivity index (χ1n) is 33.7. The van der Waals surface area contributed by atoms with Gasteiger partial charge >= 0.3 is 17.9 Å². The highest BCUT2D eigenvalue weighted by Gasteiger charge is 2.19. The van der Waals surface area contributed by atoms with E-state index in [9.17, 15) is 14.4 Å². The summed E-state index contributed by atoms with van der Waals surface area (Å²) in [5.41, 5.74) is 0. The molecule has 0 aromatic rings. The number of ether oxygens (including phenoxy) is 3. The van der Waals surface area contributed by atoms with Gasteiger partial charge in [-0.3, -0.25) is 14.4 Å². The Balaban J connectivity index is 4.18. The lowest BCUT2D eigenvalue weighted by Gasteiger charge is -2.18. The Labute approximate surface area is 489 Å². The van der Waals surface area contributed by atoms with Gasteiger partial charge in [0.05, 0.1) is 0 Å². The Morgan fingerprint density at radius 3 is 0.785 bits per heavy atom. The van der Waals surface area contributed by atoms with Crippen molar-refractivity contribution in [3.05, 3.63) is 97.2 Å². The molecule has 6 nitrogen and oxygen atoms in total. The van der Waals surface area contributed by atoms with Crippen LogP contribution in [0.5, 0.6) is 0 Å². The Bertz CT molecular complexity index is 1540. The van der Waals surface area contributed by atoms with Crippen LogP contribution in [-0.4, -0.2) is 37.2 Å². The smallest absolute Gasteiger partial charge is 0.306 e. The van der Waals surface area contributed by atoms with Crippen molar-refractivity contribution in [1.82, 2.24) is 0 Å². The SMILES string of the molecule is CC/C=C\C/C=C\C/C=C\C/C=C\C/C=C\C/C=C\CCCCCCCCCCCCCCCCC(=O)OCC(COC(=O)CCCCCCCCCCCCCC)OC(=O)CCCCCCC/C=C\C/C=C\CCCCCC. The lowest BCUT2D eigenvalue weighted by molar-refractivity contribution is -0.167. The van der Waals surface area contributed by atoms with Gasteiger partial charge in [0.1, 0.15) is 13.2 Å². The van der Waals surface area contributed by atoms with E-state index in [1.165, 1.54) is 167 Å². The molecule has 1 unspecified atom stereocenters. The Kier molecular flexibility index (Phi) is 63.7. The fourth-order valence-corrected chi connectivity index (χ4v) is 9.54. The molecule has 79 heavy (non-hydrogen) atoms. The summed E-state index contributed by atoms with van der Waals surface area (Å²) in [6, 6.07) is 0. The molecule has 0 fully saturated rings. The summed E-state index contributed by atoms with van der Waals surface area (Å²) < 4.78 is 16.9. The quantitative estimate of drug-likeness (QED) is 0.0261. The molecule has 0 saturated heterocycles. The topological polar surface area (TPSA) is 78.9 Å². The fraction of sp³-hybridized carbons (Fsp3) is 0.740. The number of carbonyl (C=O) groups excluding carboxylic acids is 3. The zero-order chi connectivity index (χ0) is 57.1. The number of unbranched alkanes of at least 4 members (excludes halogenated alkanes) is 34. The Morgan fingerprint density at radius 2 is 0.494 bits per heavy atom. The van der Waals surface area contributed by atoms with Crippen LogP contribution >= 0.6 is 0 Å². The maximum Gasteiger partial charge on any atom is 0.306 e. The van der Waals surface area contributed by atoms with Gasteiger partial charge in [-0.05, 0) is 103 Å². The molecule has 0 amide bonds. The van der Waals surface area contributed by atoms with Crippen LogP contribution in [0, 0.1) is 0 Å². The van der Waals surface area contributed by atoms with Gasteiger partial charge in [-0.15, -0.1) is 0 Å². The number of esters is 3. The average Bonchev–Trinajstić information content (AvgIpc) is 3.45. The van der Waals surface area contributed by atoms with Crippen LogP contribution in [0.2, 0.25) is 0 Å². The van der Waals surface area contributed by atoms with Crippen molar-refractivity contribution in [2.24, 2.45) is 0 Å². The maximum absolute atomic E-state index is 12.9. The third-order valence-corrected chi connectivity index (χ3v) is 14.6. The zero-order valence-corrected chi connectivity index (χ0v) is 52.1. The highest BCUT2D eigenvalue weighted by atomic mass is 16.6. The lowest BCUT2D eigenvalue weighted by Crippen LogP contribution is -2.30. The van der Waals surface area contributed by atoms with Crippen molar-refractivity contribution in [2.45, 2.75) is 335 Å². The second-order valence-corrected chi connectivity index (χ2v) is 22.4. The Morgan fingerprint density at radius 1 is 0.266 bits per heavy atom. The highest BCUT2D eigenvalue weighted by Crippen LogP contribution is 2.17. The van der Waals surface area contributed by atoms with E-state index in [2.05, 4.69) is 118 Å². The summed E-state index contributed by atoms with van der Waals surface area (Å²) >= 11 is 0. The van der Waals surface area contributed by atoms with Gasteiger partial charge < -0.3 is 14.2 Å². The van der Waals surface area contributed by atoms with Crippen molar-refractivity contribution < 1.29 is 28.6 Å². The molecule has 0 aliphatic rings. The van der Waals surface area contributed by atoms with Gasteiger partial charge in [-0.2, -0.15) is 0 Å². The molecule has 6 heteroatoms. The van der Waals surface area contributed by atoms with Crippen LogP contribution in [0.1, 0.15) is 329 Å². The predicted octanol–water partition coefficient (Wildman–Crippen LogP) is 23.2.